The minimum atomic E-state index is -4.55. The molecule has 2 atom stereocenters. The quantitative estimate of drug-likeness (QED) is 0.510. The smallest absolute Gasteiger partial charge is 0.379 e. The summed E-state index contributed by atoms with van der Waals surface area (Å²) >= 11 is 0. The monoisotopic (exact) mass is 511 g/mol. The second-order valence-electron chi connectivity index (χ2n) is 10.6. The van der Waals surface area contributed by atoms with Crippen LogP contribution in [0.4, 0.5) is 24.5 Å². The molecule has 2 fully saturated rings. The zero-order valence-corrected chi connectivity index (χ0v) is 20.9. The first-order chi connectivity index (χ1) is 17.6. The van der Waals surface area contributed by atoms with Crippen molar-refractivity contribution in [2.75, 3.05) is 29.6 Å². The topological polar surface area (TPSA) is 63.5 Å². The van der Waals surface area contributed by atoms with Gasteiger partial charge in [-0.2, -0.15) is 13.2 Å². The highest BCUT2D eigenvalue weighted by molar-refractivity contribution is 6.11. The summed E-state index contributed by atoms with van der Waals surface area (Å²) in [4.78, 5) is 16.9. The van der Waals surface area contributed by atoms with E-state index in [0.717, 1.165) is 11.4 Å². The lowest BCUT2D eigenvalue weighted by atomic mass is 9.75. The number of benzene rings is 2. The molecule has 37 heavy (non-hydrogen) atoms. The minimum Gasteiger partial charge on any atom is -0.379 e. The number of hydrogen-bond donors (Lipinski definition) is 0. The van der Waals surface area contributed by atoms with Gasteiger partial charge in [0.1, 0.15) is 12.2 Å². The second-order valence-corrected chi connectivity index (χ2v) is 10.6. The molecule has 3 aromatic rings. The van der Waals surface area contributed by atoms with Gasteiger partial charge in [0.2, 0.25) is 0 Å². The van der Waals surface area contributed by atoms with Gasteiger partial charge in [-0.25, -0.2) is 0 Å². The van der Waals surface area contributed by atoms with Crippen LogP contribution in [0.5, 0.6) is 0 Å². The molecular formula is C27H28F3N5O2. The van der Waals surface area contributed by atoms with Gasteiger partial charge in [-0.15, -0.1) is 10.2 Å². The number of halogens is 3. The Labute approximate surface area is 212 Å². The molecule has 1 aromatic heterocycles. The summed E-state index contributed by atoms with van der Waals surface area (Å²) in [7, 11) is 1.88. The zero-order chi connectivity index (χ0) is 26.1. The summed E-state index contributed by atoms with van der Waals surface area (Å²) in [6.45, 7) is 5.61. The number of alkyl halides is 3. The summed E-state index contributed by atoms with van der Waals surface area (Å²) in [5, 5.41) is 8.17. The molecule has 2 aromatic carbocycles. The Morgan fingerprint density at radius 3 is 2.51 bits per heavy atom. The van der Waals surface area contributed by atoms with Crippen molar-refractivity contribution in [3.8, 4) is 0 Å². The molecule has 194 valence electrons. The molecule has 0 spiro atoms. The number of amides is 1. The van der Waals surface area contributed by atoms with Gasteiger partial charge >= 0.3 is 6.18 Å². The summed E-state index contributed by atoms with van der Waals surface area (Å²) < 4.78 is 49.9. The second kappa shape index (κ2) is 8.31. The Hall–Kier alpha value is -3.40. The molecule has 0 aliphatic carbocycles. The number of hydrogen-bond acceptors (Lipinski definition) is 5. The van der Waals surface area contributed by atoms with Gasteiger partial charge in [0.05, 0.1) is 25.3 Å². The third-order valence-corrected chi connectivity index (χ3v) is 8.29. The van der Waals surface area contributed by atoms with E-state index in [4.69, 9.17) is 4.74 Å². The van der Waals surface area contributed by atoms with Crippen LogP contribution >= 0.6 is 0 Å². The van der Waals surface area contributed by atoms with Crippen molar-refractivity contribution in [3.05, 3.63) is 70.8 Å². The van der Waals surface area contributed by atoms with E-state index in [0.29, 0.717) is 43.5 Å². The standard InChI is InChI=1S/C27H28F3N5O2/c1-16-11-34(17(16)2)20-8-21-22(23(9-20)27(28,29)30)12-35(25(21)36)19-6-4-5-18(7-19)26(13-37-14-26)10-24-32-31-15-33(24)3/h4-9,15-17H,10-14H2,1-3H3. The number of nitrogens with zero attached hydrogens (tertiary/aromatic N) is 5. The fourth-order valence-electron chi connectivity index (χ4n) is 5.65. The van der Waals surface area contributed by atoms with Crippen LogP contribution in [0, 0.1) is 5.92 Å². The third kappa shape index (κ3) is 3.80. The number of aromatic nitrogens is 3. The Bertz CT molecular complexity index is 1380. The van der Waals surface area contributed by atoms with Crippen LogP contribution in [0.15, 0.2) is 42.7 Å². The van der Waals surface area contributed by atoms with Crippen LogP contribution in [0.1, 0.15) is 46.7 Å². The van der Waals surface area contributed by atoms with Gasteiger partial charge in [0.25, 0.3) is 5.91 Å². The van der Waals surface area contributed by atoms with Crippen LogP contribution < -0.4 is 9.80 Å². The van der Waals surface area contributed by atoms with E-state index in [9.17, 15) is 18.0 Å². The average molecular weight is 512 g/mol. The van der Waals surface area contributed by atoms with Crippen molar-refractivity contribution in [3.63, 3.8) is 0 Å². The number of carbonyl (C=O) groups is 1. The highest BCUT2D eigenvalue weighted by atomic mass is 19.4. The number of fused-ring (bicyclic) bond motifs is 1. The molecule has 3 aliphatic heterocycles. The van der Waals surface area contributed by atoms with Crippen LogP contribution in [-0.2, 0) is 36.3 Å². The van der Waals surface area contributed by atoms with Gasteiger partial charge in [-0.05, 0) is 48.2 Å². The first kappa shape index (κ1) is 24.0. The van der Waals surface area contributed by atoms with E-state index in [1.165, 1.54) is 11.0 Å². The van der Waals surface area contributed by atoms with E-state index in [2.05, 4.69) is 17.1 Å². The Morgan fingerprint density at radius 1 is 1.14 bits per heavy atom. The van der Waals surface area contributed by atoms with Gasteiger partial charge in [0, 0.05) is 48.4 Å². The normalized spacial score (nSPS) is 22.6. The van der Waals surface area contributed by atoms with Crippen molar-refractivity contribution in [2.24, 2.45) is 13.0 Å². The number of anilines is 2. The van der Waals surface area contributed by atoms with Crippen LogP contribution in [-0.4, -0.2) is 46.5 Å². The Balaban J connectivity index is 1.35. The van der Waals surface area contributed by atoms with E-state index < -0.39 is 17.6 Å². The number of rotatable bonds is 5. The van der Waals surface area contributed by atoms with E-state index in [1.807, 2.05) is 41.6 Å². The molecule has 6 rings (SSSR count). The van der Waals surface area contributed by atoms with Crippen molar-refractivity contribution >= 4 is 17.3 Å². The number of aryl methyl sites for hydroxylation is 1. The lowest BCUT2D eigenvalue weighted by Crippen LogP contribution is -2.53. The fourth-order valence-corrected chi connectivity index (χ4v) is 5.65. The highest BCUT2D eigenvalue weighted by Crippen LogP contribution is 2.44. The van der Waals surface area contributed by atoms with Crippen LogP contribution in [0.3, 0.4) is 0 Å². The lowest BCUT2D eigenvalue weighted by Gasteiger charge is -2.47. The van der Waals surface area contributed by atoms with Gasteiger partial charge < -0.3 is 19.1 Å². The maximum absolute atomic E-state index is 14.2. The van der Waals surface area contributed by atoms with Crippen molar-refractivity contribution < 1.29 is 22.7 Å². The molecule has 0 bridgehead atoms. The maximum atomic E-state index is 14.2. The van der Waals surface area contributed by atoms with E-state index in [-0.39, 0.29) is 29.1 Å². The van der Waals surface area contributed by atoms with Crippen LogP contribution in [0.2, 0.25) is 0 Å². The van der Waals surface area contributed by atoms with E-state index in [1.54, 1.807) is 18.5 Å². The average Bonchev–Trinajstić information content (AvgIpc) is 3.40. The Morgan fingerprint density at radius 2 is 1.92 bits per heavy atom. The molecular weight excluding hydrogens is 483 g/mol. The third-order valence-electron chi connectivity index (χ3n) is 8.29. The van der Waals surface area contributed by atoms with Crippen LogP contribution in [0.25, 0.3) is 0 Å². The molecule has 0 radical (unpaired) electrons. The lowest BCUT2D eigenvalue weighted by molar-refractivity contribution is -0.138. The van der Waals surface area contributed by atoms with Crippen molar-refractivity contribution in [1.29, 1.82) is 0 Å². The molecule has 2 saturated heterocycles. The summed E-state index contributed by atoms with van der Waals surface area (Å²) in [6.07, 6.45) is -2.30. The largest absolute Gasteiger partial charge is 0.416 e. The molecule has 4 heterocycles. The van der Waals surface area contributed by atoms with E-state index >= 15 is 0 Å². The van der Waals surface area contributed by atoms with Gasteiger partial charge in [-0.1, -0.05) is 19.1 Å². The minimum absolute atomic E-state index is 0.0358. The predicted octanol–water partition coefficient (Wildman–Crippen LogP) is 4.35. The first-order valence-electron chi connectivity index (χ1n) is 12.4. The molecule has 1 amide bonds. The molecule has 2 unspecified atom stereocenters. The summed E-state index contributed by atoms with van der Waals surface area (Å²) in [5.41, 5.74) is 1.09. The van der Waals surface area contributed by atoms with Crippen molar-refractivity contribution in [1.82, 2.24) is 14.8 Å². The maximum Gasteiger partial charge on any atom is 0.416 e. The first-order valence-corrected chi connectivity index (χ1v) is 12.4. The number of ether oxygens (including phenoxy) is 1. The molecule has 0 saturated carbocycles. The highest BCUT2D eigenvalue weighted by Gasteiger charge is 2.44. The van der Waals surface area contributed by atoms with Gasteiger partial charge in [0.15, 0.2) is 0 Å². The molecule has 0 N–H and O–H groups in total. The fraction of sp³-hybridized carbons (Fsp3) is 0.444. The SMILES string of the molecule is CC1CN(c2cc3c(c(C(F)(F)F)c2)CN(c2cccc(C4(Cc5nncn5C)COC4)c2)C3=O)C1C. The molecule has 7 nitrogen and oxygen atoms in total. The van der Waals surface area contributed by atoms with Gasteiger partial charge in [-0.3, -0.25) is 4.79 Å². The Kier molecular flexibility index (Phi) is 5.38. The molecule has 10 heteroatoms. The zero-order valence-electron chi connectivity index (χ0n) is 20.9. The summed E-state index contributed by atoms with van der Waals surface area (Å²) in [5.74, 6) is 0.796. The predicted molar refractivity (Wildman–Crippen MR) is 132 cm³/mol. The molecule has 3 aliphatic rings. The number of carbonyl (C=O) groups excluding carboxylic acids is 1. The summed E-state index contributed by atoms with van der Waals surface area (Å²) in [6, 6.07) is 10.5. The van der Waals surface area contributed by atoms with Crippen molar-refractivity contribution in [2.45, 2.75) is 44.4 Å².